The SMILES string of the molecule is O=C(COc1ccc(Cl)c([N+](=O)[O-])c1)N[C@H]1CC[C@H](NC(=O)COc2ccc(Cl)c([N+](=O)[O-])c2)CC1. The van der Waals surface area contributed by atoms with E-state index in [0.29, 0.717) is 25.7 Å². The summed E-state index contributed by atoms with van der Waals surface area (Å²) in [5.41, 5.74) is -0.621. The van der Waals surface area contributed by atoms with Gasteiger partial charge in [0.2, 0.25) is 0 Å². The van der Waals surface area contributed by atoms with Crippen molar-refractivity contribution in [1.82, 2.24) is 10.6 Å². The average Bonchev–Trinajstić information content (AvgIpc) is 2.84. The van der Waals surface area contributed by atoms with Gasteiger partial charge in [0, 0.05) is 12.1 Å². The maximum absolute atomic E-state index is 12.2. The molecule has 1 aliphatic rings. The second-order valence-electron chi connectivity index (χ2n) is 8.00. The maximum atomic E-state index is 12.2. The lowest BCUT2D eigenvalue weighted by molar-refractivity contribution is -0.384. The minimum Gasteiger partial charge on any atom is -0.484 e. The Labute approximate surface area is 215 Å². The molecule has 0 aromatic heterocycles. The van der Waals surface area contributed by atoms with E-state index in [4.69, 9.17) is 32.7 Å². The van der Waals surface area contributed by atoms with E-state index in [-0.39, 0.29) is 70.0 Å². The summed E-state index contributed by atoms with van der Waals surface area (Å²) in [7, 11) is 0. The second kappa shape index (κ2) is 12.4. The molecule has 0 spiro atoms. The van der Waals surface area contributed by atoms with Gasteiger partial charge in [-0.05, 0) is 49.9 Å². The van der Waals surface area contributed by atoms with E-state index in [1.165, 1.54) is 24.3 Å². The number of nitro groups is 2. The van der Waals surface area contributed by atoms with Crippen LogP contribution in [0.1, 0.15) is 25.7 Å². The predicted molar refractivity (Wildman–Crippen MR) is 130 cm³/mol. The Hall–Kier alpha value is -3.64. The van der Waals surface area contributed by atoms with Crippen LogP contribution in [0, 0.1) is 20.2 Å². The molecule has 0 saturated heterocycles. The van der Waals surface area contributed by atoms with Gasteiger partial charge in [-0.3, -0.25) is 29.8 Å². The highest BCUT2D eigenvalue weighted by atomic mass is 35.5. The zero-order valence-corrected chi connectivity index (χ0v) is 20.3. The number of hydrogen-bond acceptors (Lipinski definition) is 8. The van der Waals surface area contributed by atoms with E-state index in [1.54, 1.807) is 0 Å². The van der Waals surface area contributed by atoms with Gasteiger partial charge in [-0.15, -0.1) is 0 Å². The van der Waals surface area contributed by atoms with Gasteiger partial charge in [-0.1, -0.05) is 23.2 Å². The van der Waals surface area contributed by atoms with Gasteiger partial charge in [-0.2, -0.15) is 0 Å². The highest BCUT2D eigenvalue weighted by molar-refractivity contribution is 6.33. The molecule has 1 aliphatic carbocycles. The molecule has 0 unspecified atom stereocenters. The summed E-state index contributed by atoms with van der Waals surface area (Å²) in [5, 5.41) is 27.5. The van der Waals surface area contributed by atoms with Gasteiger partial charge < -0.3 is 20.1 Å². The molecule has 1 saturated carbocycles. The Balaban J connectivity index is 1.37. The molecule has 36 heavy (non-hydrogen) atoms. The fourth-order valence-corrected chi connectivity index (χ4v) is 4.04. The fraction of sp³-hybridized carbons (Fsp3) is 0.364. The summed E-state index contributed by atoms with van der Waals surface area (Å²) in [6.07, 6.45) is 2.53. The van der Waals surface area contributed by atoms with E-state index in [1.807, 2.05) is 0 Å². The Kier molecular flexibility index (Phi) is 9.25. The van der Waals surface area contributed by atoms with E-state index >= 15 is 0 Å². The number of rotatable bonds is 10. The van der Waals surface area contributed by atoms with Crippen molar-refractivity contribution in [2.45, 2.75) is 37.8 Å². The number of nitrogens with one attached hydrogen (secondary N) is 2. The van der Waals surface area contributed by atoms with Gasteiger partial charge in [0.05, 0.1) is 22.0 Å². The summed E-state index contributed by atoms with van der Waals surface area (Å²) in [4.78, 5) is 45.0. The molecular weight excluding hydrogens is 519 g/mol. The number of carbonyl (C=O) groups excluding carboxylic acids is 2. The van der Waals surface area contributed by atoms with Crippen molar-refractivity contribution >= 4 is 46.4 Å². The second-order valence-corrected chi connectivity index (χ2v) is 8.82. The molecule has 3 rings (SSSR count). The number of halogens is 2. The number of carbonyl (C=O) groups is 2. The molecule has 1 fully saturated rings. The normalized spacial score (nSPS) is 17.1. The van der Waals surface area contributed by atoms with Crippen molar-refractivity contribution in [2.75, 3.05) is 13.2 Å². The Morgan fingerprint density at radius 2 is 1.14 bits per heavy atom. The summed E-state index contributed by atoms with van der Waals surface area (Å²) in [5.74, 6) is -0.428. The van der Waals surface area contributed by atoms with Crippen LogP contribution in [0.3, 0.4) is 0 Å². The zero-order valence-electron chi connectivity index (χ0n) is 18.8. The summed E-state index contributed by atoms with van der Waals surface area (Å²) < 4.78 is 10.7. The molecule has 14 heteroatoms. The van der Waals surface area contributed by atoms with E-state index < -0.39 is 9.85 Å². The van der Waals surface area contributed by atoms with Crippen LogP contribution in [-0.4, -0.2) is 47.0 Å². The van der Waals surface area contributed by atoms with Crippen LogP contribution in [0.2, 0.25) is 10.0 Å². The topological polar surface area (TPSA) is 163 Å². The third kappa shape index (κ3) is 7.68. The number of ether oxygens (including phenoxy) is 2. The Bertz CT molecular complexity index is 1070. The fourth-order valence-electron chi connectivity index (χ4n) is 3.66. The van der Waals surface area contributed by atoms with E-state index in [0.717, 1.165) is 12.1 Å². The lowest BCUT2D eigenvalue weighted by atomic mass is 9.91. The van der Waals surface area contributed by atoms with Crippen LogP contribution in [0.25, 0.3) is 0 Å². The maximum Gasteiger partial charge on any atom is 0.291 e. The first-order valence-electron chi connectivity index (χ1n) is 10.8. The minimum atomic E-state index is -0.637. The van der Waals surface area contributed by atoms with Crippen molar-refractivity contribution in [3.63, 3.8) is 0 Å². The third-order valence-electron chi connectivity index (χ3n) is 5.43. The lowest BCUT2D eigenvalue weighted by Gasteiger charge is -2.29. The van der Waals surface area contributed by atoms with Crippen molar-refractivity contribution in [3.05, 3.63) is 66.7 Å². The molecule has 2 N–H and O–H groups in total. The highest BCUT2D eigenvalue weighted by Gasteiger charge is 2.24. The van der Waals surface area contributed by atoms with Crippen molar-refractivity contribution in [1.29, 1.82) is 0 Å². The molecular formula is C22H22Cl2N4O8. The molecule has 0 heterocycles. The van der Waals surface area contributed by atoms with Crippen LogP contribution < -0.4 is 20.1 Å². The highest BCUT2D eigenvalue weighted by Crippen LogP contribution is 2.29. The molecule has 0 atom stereocenters. The predicted octanol–water partition coefficient (Wildman–Crippen LogP) is 3.81. The average molecular weight is 541 g/mol. The quantitative estimate of drug-likeness (QED) is 0.339. The summed E-state index contributed by atoms with van der Waals surface area (Å²) in [6.45, 7) is -0.620. The molecule has 192 valence electrons. The molecule has 0 aliphatic heterocycles. The first kappa shape index (κ1) is 27.0. The van der Waals surface area contributed by atoms with Crippen LogP contribution in [-0.2, 0) is 9.59 Å². The van der Waals surface area contributed by atoms with Gasteiger partial charge in [0.25, 0.3) is 23.2 Å². The minimum absolute atomic E-state index is 0.0267. The van der Waals surface area contributed by atoms with Crippen molar-refractivity contribution in [2.24, 2.45) is 0 Å². The summed E-state index contributed by atoms with van der Waals surface area (Å²) in [6, 6.07) is 7.64. The lowest BCUT2D eigenvalue weighted by Crippen LogP contribution is -2.45. The van der Waals surface area contributed by atoms with Gasteiger partial charge in [0.1, 0.15) is 21.5 Å². The number of benzene rings is 2. The van der Waals surface area contributed by atoms with Gasteiger partial charge in [-0.25, -0.2) is 0 Å². The van der Waals surface area contributed by atoms with Crippen LogP contribution in [0.4, 0.5) is 11.4 Å². The molecule has 2 aromatic carbocycles. The first-order valence-corrected chi connectivity index (χ1v) is 11.6. The molecule has 0 radical (unpaired) electrons. The largest absolute Gasteiger partial charge is 0.484 e. The van der Waals surface area contributed by atoms with Crippen LogP contribution in [0.15, 0.2) is 36.4 Å². The third-order valence-corrected chi connectivity index (χ3v) is 6.07. The zero-order chi connectivity index (χ0) is 26.2. The first-order chi connectivity index (χ1) is 17.1. The summed E-state index contributed by atoms with van der Waals surface area (Å²) >= 11 is 11.5. The Morgan fingerprint density at radius 1 is 0.778 bits per heavy atom. The van der Waals surface area contributed by atoms with Crippen molar-refractivity contribution < 1.29 is 28.9 Å². The number of amides is 2. The molecule has 12 nitrogen and oxygen atoms in total. The number of nitro benzene ring substituents is 2. The smallest absolute Gasteiger partial charge is 0.291 e. The Morgan fingerprint density at radius 3 is 1.47 bits per heavy atom. The van der Waals surface area contributed by atoms with Crippen LogP contribution in [0.5, 0.6) is 11.5 Å². The monoisotopic (exact) mass is 540 g/mol. The molecule has 2 aromatic rings. The van der Waals surface area contributed by atoms with Crippen molar-refractivity contribution in [3.8, 4) is 11.5 Å². The number of nitrogens with zero attached hydrogens (tertiary/aromatic N) is 2. The van der Waals surface area contributed by atoms with E-state index in [9.17, 15) is 29.8 Å². The molecule has 2 amide bonds. The van der Waals surface area contributed by atoms with Gasteiger partial charge >= 0.3 is 0 Å². The molecule has 0 bridgehead atoms. The standard InChI is InChI=1S/C22H22Cl2N4O8/c23-17-7-5-15(9-19(17)27(31)32)35-11-21(29)25-13-1-2-14(4-3-13)26-22(30)12-36-16-6-8-18(24)20(10-16)28(33)34/h5-10,13-14H,1-4,11-12H2,(H,25,29)(H,26,30)/t13-,14-. The van der Waals surface area contributed by atoms with Crippen LogP contribution >= 0.6 is 23.2 Å². The van der Waals surface area contributed by atoms with Gasteiger partial charge in [0.15, 0.2) is 13.2 Å². The number of hydrogen-bond donors (Lipinski definition) is 2. The van der Waals surface area contributed by atoms with E-state index in [2.05, 4.69) is 10.6 Å².